The molecule has 0 saturated heterocycles. The maximum Gasteiger partial charge on any atom is 0.271 e. The number of aryl methyl sites for hydroxylation is 1. The molecular weight excluding hydrogens is 390 g/mol. The molecule has 132 valence electrons. The minimum Gasteiger partial charge on any atom is -0.279 e. The third-order valence-corrected chi connectivity index (χ3v) is 7.33. The number of hydrogen-bond donors (Lipinski definition) is 1. The number of nitrogens with zero attached hydrogens (tertiary/aromatic N) is 2. The SMILES string of the molecule is Cc1cc(=O)n2c(-c3ccc(NS(=O)(=O)c4cccs4)cc3)csc2n1. The summed E-state index contributed by atoms with van der Waals surface area (Å²) in [4.78, 5) is 17.3. The molecule has 1 N–H and O–H groups in total. The standard InChI is InChI=1S/C17H13N3O3S3/c1-11-9-15(21)20-14(10-25-17(20)18-11)12-4-6-13(7-5-12)19-26(22,23)16-3-2-8-24-16/h2-10,19H,1H3. The number of benzene rings is 1. The van der Waals surface area contributed by atoms with Gasteiger partial charge in [0.25, 0.3) is 15.6 Å². The van der Waals surface area contributed by atoms with Crippen molar-refractivity contribution in [3.05, 3.63) is 69.3 Å². The third-order valence-electron chi connectivity index (χ3n) is 3.73. The number of anilines is 1. The van der Waals surface area contributed by atoms with Gasteiger partial charge in [-0.15, -0.1) is 22.7 Å². The van der Waals surface area contributed by atoms with Crippen LogP contribution >= 0.6 is 22.7 Å². The molecule has 0 amide bonds. The third kappa shape index (κ3) is 3.05. The molecule has 0 aliphatic rings. The first-order valence-corrected chi connectivity index (χ1v) is 10.8. The summed E-state index contributed by atoms with van der Waals surface area (Å²) in [5, 5.41) is 3.58. The van der Waals surface area contributed by atoms with E-state index in [4.69, 9.17) is 0 Å². The average Bonchev–Trinajstić information content (AvgIpc) is 3.25. The van der Waals surface area contributed by atoms with Gasteiger partial charge in [0.1, 0.15) is 4.21 Å². The quantitative estimate of drug-likeness (QED) is 0.565. The first kappa shape index (κ1) is 17.0. The molecule has 3 aromatic heterocycles. The van der Waals surface area contributed by atoms with Gasteiger partial charge in [-0.2, -0.15) is 0 Å². The van der Waals surface area contributed by atoms with Gasteiger partial charge in [0, 0.05) is 22.8 Å². The summed E-state index contributed by atoms with van der Waals surface area (Å²) in [5.41, 5.74) is 2.55. The monoisotopic (exact) mass is 403 g/mol. The van der Waals surface area contributed by atoms with Gasteiger partial charge >= 0.3 is 0 Å². The van der Waals surface area contributed by atoms with Crippen LogP contribution in [0.5, 0.6) is 0 Å². The van der Waals surface area contributed by atoms with Crippen molar-refractivity contribution < 1.29 is 8.42 Å². The lowest BCUT2D eigenvalue weighted by molar-refractivity contribution is 0.603. The lowest BCUT2D eigenvalue weighted by atomic mass is 10.1. The Labute approximate surface area is 157 Å². The molecule has 0 bridgehead atoms. The Morgan fingerprint density at radius 2 is 1.88 bits per heavy atom. The van der Waals surface area contributed by atoms with Gasteiger partial charge in [0.05, 0.1) is 5.69 Å². The van der Waals surface area contributed by atoms with E-state index in [1.165, 1.54) is 17.4 Å². The number of sulfonamides is 1. The lowest BCUT2D eigenvalue weighted by Gasteiger charge is -2.07. The molecule has 4 rings (SSSR count). The zero-order chi connectivity index (χ0) is 18.3. The van der Waals surface area contributed by atoms with E-state index in [1.807, 2.05) is 5.38 Å². The van der Waals surface area contributed by atoms with Crippen LogP contribution in [0.4, 0.5) is 5.69 Å². The van der Waals surface area contributed by atoms with Crippen LogP contribution in [-0.4, -0.2) is 17.8 Å². The summed E-state index contributed by atoms with van der Waals surface area (Å²) in [6, 6.07) is 11.7. The molecule has 6 nitrogen and oxygen atoms in total. The molecule has 0 fully saturated rings. The normalized spacial score (nSPS) is 11.7. The molecule has 0 spiro atoms. The van der Waals surface area contributed by atoms with Crippen molar-refractivity contribution >= 4 is 43.3 Å². The Morgan fingerprint density at radius 1 is 1.12 bits per heavy atom. The van der Waals surface area contributed by atoms with E-state index in [9.17, 15) is 13.2 Å². The molecule has 0 atom stereocenters. The summed E-state index contributed by atoms with van der Waals surface area (Å²) in [6.07, 6.45) is 0. The average molecular weight is 404 g/mol. The zero-order valence-corrected chi connectivity index (χ0v) is 16.0. The van der Waals surface area contributed by atoms with E-state index in [1.54, 1.807) is 53.1 Å². The molecule has 4 aromatic rings. The number of fused-ring (bicyclic) bond motifs is 1. The minimum absolute atomic E-state index is 0.133. The van der Waals surface area contributed by atoms with Gasteiger partial charge in [0.2, 0.25) is 0 Å². The smallest absolute Gasteiger partial charge is 0.271 e. The van der Waals surface area contributed by atoms with Crippen molar-refractivity contribution in [3.63, 3.8) is 0 Å². The van der Waals surface area contributed by atoms with Crippen LogP contribution in [0.1, 0.15) is 5.69 Å². The Bertz CT molecular complexity index is 1240. The first-order chi connectivity index (χ1) is 12.4. The summed E-state index contributed by atoms with van der Waals surface area (Å²) < 4.78 is 28.9. The fraction of sp³-hybridized carbons (Fsp3) is 0.0588. The summed E-state index contributed by atoms with van der Waals surface area (Å²) in [7, 11) is -3.58. The highest BCUT2D eigenvalue weighted by atomic mass is 32.2. The molecule has 0 saturated carbocycles. The molecule has 9 heteroatoms. The van der Waals surface area contributed by atoms with Crippen LogP contribution in [0.3, 0.4) is 0 Å². The Hall–Kier alpha value is -2.49. The highest BCUT2D eigenvalue weighted by Crippen LogP contribution is 2.26. The predicted octanol–water partition coefficient (Wildman–Crippen LogP) is 3.59. The highest BCUT2D eigenvalue weighted by Gasteiger charge is 2.15. The molecule has 3 heterocycles. The number of hydrogen-bond acceptors (Lipinski definition) is 6. The van der Waals surface area contributed by atoms with Crippen LogP contribution in [0, 0.1) is 6.92 Å². The van der Waals surface area contributed by atoms with Crippen LogP contribution in [0.2, 0.25) is 0 Å². The summed E-state index contributed by atoms with van der Waals surface area (Å²) in [5.74, 6) is 0. The van der Waals surface area contributed by atoms with Gasteiger partial charge in [-0.3, -0.25) is 13.9 Å². The maximum atomic E-state index is 12.3. The lowest BCUT2D eigenvalue weighted by Crippen LogP contribution is -2.14. The Balaban J connectivity index is 1.68. The molecule has 0 radical (unpaired) electrons. The van der Waals surface area contributed by atoms with Crippen molar-refractivity contribution in [2.45, 2.75) is 11.1 Å². The topological polar surface area (TPSA) is 80.5 Å². The van der Waals surface area contributed by atoms with Crippen LogP contribution in [0.15, 0.2) is 62.2 Å². The Morgan fingerprint density at radius 3 is 2.58 bits per heavy atom. The predicted molar refractivity (Wildman–Crippen MR) is 105 cm³/mol. The van der Waals surface area contributed by atoms with E-state index in [0.717, 1.165) is 22.6 Å². The van der Waals surface area contributed by atoms with Crippen LogP contribution in [0.25, 0.3) is 16.2 Å². The molecular formula is C17H13N3O3S3. The second-order valence-corrected chi connectivity index (χ2v) is 9.28. The van der Waals surface area contributed by atoms with Crippen molar-refractivity contribution in [3.8, 4) is 11.3 Å². The molecule has 0 aliphatic heterocycles. The number of thiazole rings is 1. The van der Waals surface area contributed by atoms with Gasteiger partial charge < -0.3 is 0 Å². The summed E-state index contributed by atoms with van der Waals surface area (Å²) in [6.45, 7) is 1.79. The van der Waals surface area contributed by atoms with E-state index in [0.29, 0.717) is 16.3 Å². The van der Waals surface area contributed by atoms with E-state index in [2.05, 4.69) is 9.71 Å². The Kier molecular flexibility index (Phi) is 4.14. The number of thiophene rings is 1. The fourth-order valence-corrected chi connectivity index (χ4v) is 5.56. The second kappa shape index (κ2) is 6.35. The van der Waals surface area contributed by atoms with Crippen molar-refractivity contribution in [2.75, 3.05) is 4.72 Å². The van der Waals surface area contributed by atoms with Gasteiger partial charge in [0.15, 0.2) is 4.96 Å². The second-order valence-electron chi connectivity index (χ2n) is 5.59. The molecule has 0 unspecified atom stereocenters. The van der Waals surface area contributed by atoms with Gasteiger partial charge in [-0.25, -0.2) is 13.4 Å². The van der Waals surface area contributed by atoms with Crippen molar-refractivity contribution in [1.29, 1.82) is 0 Å². The minimum atomic E-state index is -3.58. The highest BCUT2D eigenvalue weighted by molar-refractivity contribution is 7.94. The van der Waals surface area contributed by atoms with Gasteiger partial charge in [-0.1, -0.05) is 18.2 Å². The summed E-state index contributed by atoms with van der Waals surface area (Å²) >= 11 is 2.55. The molecule has 1 aromatic carbocycles. The number of nitrogens with one attached hydrogen (secondary N) is 1. The van der Waals surface area contributed by atoms with E-state index >= 15 is 0 Å². The van der Waals surface area contributed by atoms with E-state index in [-0.39, 0.29) is 9.77 Å². The number of aromatic nitrogens is 2. The van der Waals surface area contributed by atoms with Gasteiger partial charge in [-0.05, 0) is 36.1 Å². The maximum absolute atomic E-state index is 12.3. The van der Waals surface area contributed by atoms with Crippen molar-refractivity contribution in [1.82, 2.24) is 9.38 Å². The molecule has 26 heavy (non-hydrogen) atoms. The number of rotatable bonds is 4. The van der Waals surface area contributed by atoms with Crippen molar-refractivity contribution in [2.24, 2.45) is 0 Å². The molecule has 0 aliphatic carbocycles. The van der Waals surface area contributed by atoms with E-state index < -0.39 is 10.0 Å². The zero-order valence-electron chi connectivity index (χ0n) is 13.5. The van der Waals surface area contributed by atoms with Crippen LogP contribution < -0.4 is 10.3 Å². The fourth-order valence-electron chi connectivity index (χ4n) is 2.56. The first-order valence-electron chi connectivity index (χ1n) is 7.59. The van der Waals surface area contributed by atoms with Crippen LogP contribution in [-0.2, 0) is 10.0 Å². The largest absolute Gasteiger partial charge is 0.279 e.